The molecule has 2 fully saturated rings. The molecular formula is C19H20F2N4O. The van der Waals surface area contributed by atoms with E-state index in [-0.39, 0.29) is 17.1 Å². The molecule has 2 atom stereocenters. The van der Waals surface area contributed by atoms with Crippen molar-refractivity contribution in [2.75, 3.05) is 11.9 Å². The van der Waals surface area contributed by atoms with Crippen LogP contribution in [0.1, 0.15) is 42.6 Å². The van der Waals surface area contributed by atoms with E-state index in [4.69, 9.17) is 0 Å². The van der Waals surface area contributed by atoms with Crippen LogP contribution in [0.5, 0.6) is 0 Å². The molecule has 2 amide bonds. The molecule has 1 aliphatic heterocycles. The molecule has 26 heavy (non-hydrogen) atoms. The van der Waals surface area contributed by atoms with Gasteiger partial charge in [-0.05, 0) is 37.3 Å². The van der Waals surface area contributed by atoms with Gasteiger partial charge in [-0.25, -0.2) is 13.6 Å². The number of carbonyl (C=O) groups excluding carboxylic acids is 1. The Morgan fingerprint density at radius 2 is 2.23 bits per heavy atom. The Labute approximate surface area is 149 Å². The van der Waals surface area contributed by atoms with E-state index in [1.165, 1.54) is 31.7 Å². The third-order valence-electron chi connectivity index (χ3n) is 6.27. The predicted octanol–water partition coefficient (Wildman–Crippen LogP) is 3.72. The summed E-state index contributed by atoms with van der Waals surface area (Å²) in [6, 6.07) is 3.07. The Bertz CT molecular complexity index is 896. The van der Waals surface area contributed by atoms with E-state index in [2.05, 4.69) is 15.5 Å². The predicted molar refractivity (Wildman–Crippen MR) is 91.7 cm³/mol. The highest BCUT2D eigenvalue weighted by atomic mass is 19.2. The normalized spacial score (nSPS) is 26.4. The maximum atomic E-state index is 13.3. The first kappa shape index (κ1) is 15.8. The van der Waals surface area contributed by atoms with Gasteiger partial charge in [0.25, 0.3) is 0 Å². The van der Waals surface area contributed by atoms with E-state index in [9.17, 15) is 13.6 Å². The molecule has 2 unspecified atom stereocenters. The van der Waals surface area contributed by atoms with E-state index in [1.807, 2.05) is 0 Å². The smallest absolute Gasteiger partial charge is 0.320 e. The van der Waals surface area contributed by atoms with Crippen molar-refractivity contribution < 1.29 is 13.6 Å². The van der Waals surface area contributed by atoms with E-state index in [1.54, 1.807) is 4.90 Å². The monoisotopic (exact) mass is 358 g/mol. The van der Waals surface area contributed by atoms with Crippen molar-refractivity contribution in [3.8, 4) is 0 Å². The van der Waals surface area contributed by atoms with Gasteiger partial charge in [-0.1, -0.05) is 6.42 Å². The second kappa shape index (κ2) is 5.53. The zero-order valence-electron chi connectivity index (χ0n) is 14.3. The first-order valence-electron chi connectivity index (χ1n) is 9.14. The fraction of sp³-hybridized carbons (Fsp3) is 0.474. The molecule has 0 radical (unpaired) electrons. The Kier molecular flexibility index (Phi) is 3.36. The number of hydrogen-bond donors (Lipinski definition) is 2. The number of hydrogen-bond acceptors (Lipinski definition) is 2. The van der Waals surface area contributed by atoms with E-state index >= 15 is 0 Å². The molecule has 2 heterocycles. The van der Waals surface area contributed by atoms with Crippen LogP contribution in [-0.2, 0) is 18.4 Å². The number of aromatic nitrogens is 2. The molecule has 0 saturated heterocycles. The summed E-state index contributed by atoms with van der Waals surface area (Å²) in [6.07, 6.45) is 5.67. The highest BCUT2D eigenvalue weighted by Crippen LogP contribution is 2.64. The number of nitrogens with zero attached hydrogens (tertiary/aromatic N) is 2. The summed E-state index contributed by atoms with van der Waals surface area (Å²) in [6.45, 7) is 1.08. The first-order chi connectivity index (χ1) is 12.6. The van der Waals surface area contributed by atoms with Crippen molar-refractivity contribution in [3.63, 3.8) is 0 Å². The van der Waals surface area contributed by atoms with Gasteiger partial charge in [0, 0.05) is 41.4 Å². The minimum atomic E-state index is -0.971. The summed E-state index contributed by atoms with van der Waals surface area (Å²) in [4.78, 5) is 14.3. The summed E-state index contributed by atoms with van der Waals surface area (Å²) in [5.41, 5.74) is 3.93. The maximum absolute atomic E-state index is 13.3. The van der Waals surface area contributed by atoms with Crippen LogP contribution in [-0.4, -0.2) is 27.7 Å². The molecule has 2 saturated carbocycles. The molecule has 0 spiro atoms. The van der Waals surface area contributed by atoms with Crippen LogP contribution in [0.4, 0.5) is 19.3 Å². The second-order valence-corrected chi connectivity index (χ2v) is 7.71. The molecule has 2 N–H and O–H groups in total. The molecule has 5 nitrogen and oxygen atoms in total. The highest BCUT2D eigenvalue weighted by molar-refractivity contribution is 5.89. The van der Waals surface area contributed by atoms with Gasteiger partial charge in [-0.3, -0.25) is 5.10 Å². The van der Waals surface area contributed by atoms with Crippen molar-refractivity contribution in [2.24, 2.45) is 5.92 Å². The van der Waals surface area contributed by atoms with Crippen LogP contribution in [0.25, 0.3) is 0 Å². The number of amides is 2. The zero-order valence-corrected chi connectivity index (χ0v) is 14.3. The van der Waals surface area contributed by atoms with E-state index in [0.29, 0.717) is 13.1 Å². The maximum Gasteiger partial charge on any atom is 0.322 e. The molecule has 7 heteroatoms. The van der Waals surface area contributed by atoms with Gasteiger partial charge in [0.15, 0.2) is 11.6 Å². The van der Waals surface area contributed by atoms with Crippen molar-refractivity contribution >= 4 is 11.7 Å². The Hall–Kier alpha value is -2.44. The number of fused-ring (bicyclic) bond motifs is 2. The van der Waals surface area contributed by atoms with E-state index in [0.717, 1.165) is 41.4 Å². The summed E-state index contributed by atoms with van der Waals surface area (Å²) in [7, 11) is 0. The number of carbonyl (C=O) groups is 1. The fourth-order valence-corrected chi connectivity index (χ4v) is 4.79. The highest BCUT2D eigenvalue weighted by Gasteiger charge is 2.60. The number of benzene rings is 1. The topological polar surface area (TPSA) is 61.0 Å². The van der Waals surface area contributed by atoms with Gasteiger partial charge in [0.05, 0.1) is 12.2 Å². The van der Waals surface area contributed by atoms with Gasteiger partial charge in [0.2, 0.25) is 0 Å². The largest absolute Gasteiger partial charge is 0.322 e. The van der Waals surface area contributed by atoms with Crippen LogP contribution < -0.4 is 5.32 Å². The average molecular weight is 358 g/mol. The Morgan fingerprint density at radius 1 is 1.35 bits per heavy atom. The van der Waals surface area contributed by atoms with Gasteiger partial charge in [-0.2, -0.15) is 5.10 Å². The summed E-state index contributed by atoms with van der Waals surface area (Å²) >= 11 is 0. The van der Waals surface area contributed by atoms with Gasteiger partial charge in [-0.15, -0.1) is 0 Å². The summed E-state index contributed by atoms with van der Waals surface area (Å²) in [5, 5.41) is 10.5. The Balaban J connectivity index is 1.34. The number of urea groups is 1. The molecule has 2 aromatic rings. The van der Waals surface area contributed by atoms with Crippen molar-refractivity contribution in [2.45, 2.75) is 44.1 Å². The number of aromatic amines is 1. The molecule has 0 bridgehead atoms. The van der Waals surface area contributed by atoms with Crippen LogP contribution in [0.15, 0.2) is 18.2 Å². The van der Waals surface area contributed by atoms with Gasteiger partial charge in [0.1, 0.15) is 0 Å². The van der Waals surface area contributed by atoms with Crippen molar-refractivity contribution in [3.05, 3.63) is 46.8 Å². The standard InChI is InChI=1S/C19H20F2N4O/c20-14-4-3-12(8-15(14)21)22-18(26)25-7-5-16-13(10-25)17(24-23-16)19-6-1-2-11(19)9-19/h3-4,8,11H,1-2,5-7,9-10H2,(H,22,26)(H,23,24). The Morgan fingerprint density at radius 3 is 2.96 bits per heavy atom. The molecule has 3 aliphatic rings. The molecule has 136 valence electrons. The molecule has 2 aliphatic carbocycles. The number of nitrogens with one attached hydrogen (secondary N) is 2. The number of H-pyrrole nitrogens is 1. The third-order valence-corrected chi connectivity index (χ3v) is 6.27. The van der Waals surface area contributed by atoms with Gasteiger partial charge < -0.3 is 10.2 Å². The zero-order chi connectivity index (χ0) is 17.9. The lowest BCUT2D eigenvalue weighted by Gasteiger charge is -2.28. The molecular weight excluding hydrogens is 338 g/mol. The van der Waals surface area contributed by atoms with Crippen molar-refractivity contribution in [1.29, 1.82) is 0 Å². The minimum absolute atomic E-state index is 0.240. The third kappa shape index (κ3) is 2.33. The van der Waals surface area contributed by atoms with Crippen LogP contribution in [0.3, 0.4) is 0 Å². The van der Waals surface area contributed by atoms with Crippen LogP contribution in [0, 0.1) is 17.6 Å². The number of halogens is 2. The van der Waals surface area contributed by atoms with Crippen LogP contribution in [0.2, 0.25) is 0 Å². The number of anilines is 1. The fourth-order valence-electron chi connectivity index (χ4n) is 4.79. The van der Waals surface area contributed by atoms with Crippen LogP contribution >= 0.6 is 0 Å². The quantitative estimate of drug-likeness (QED) is 0.860. The average Bonchev–Trinajstić information content (AvgIpc) is 3.00. The minimum Gasteiger partial charge on any atom is -0.320 e. The lowest BCUT2D eigenvalue weighted by atomic mass is 9.92. The summed E-state index contributed by atoms with van der Waals surface area (Å²) in [5.74, 6) is -1.15. The number of rotatable bonds is 2. The molecule has 1 aromatic heterocycles. The molecule has 5 rings (SSSR count). The van der Waals surface area contributed by atoms with Crippen molar-refractivity contribution in [1.82, 2.24) is 15.1 Å². The summed E-state index contributed by atoms with van der Waals surface area (Å²) < 4.78 is 26.4. The van der Waals surface area contributed by atoms with E-state index < -0.39 is 11.6 Å². The lowest BCUT2D eigenvalue weighted by molar-refractivity contribution is 0.206. The first-order valence-corrected chi connectivity index (χ1v) is 9.14. The SMILES string of the molecule is O=C(Nc1ccc(F)c(F)c1)N1CCc2[nH]nc(C34CCCC3C4)c2C1. The second-order valence-electron chi connectivity index (χ2n) is 7.71. The molecule has 1 aromatic carbocycles. The lowest BCUT2D eigenvalue weighted by Crippen LogP contribution is -2.39. The van der Waals surface area contributed by atoms with Gasteiger partial charge >= 0.3 is 6.03 Å².